The van der Waals surface area contributed by atoms with Crippen molar-refractivity contribution in [3.8, 4) is 0 Å². The molecule has 0 bridgehead atoms. The lowest BCUT2D eigenvalue weighted by Crippen LogP contribution is -2.13. The summed E-state index contributed by atoms with van der Waals surface area (Å²) in [7, 11) is 1.65. The van der Waals surface area contributed by atoms with E-state index in [9.17, 15) is 9.59 Å². The smallest absolute Gasteiger partial charge is 0.213 e. The standard InChI is InChI=1S/C15H12ClNO2/c1-17(10-18)12-8-6-11(7-9-12)15(19)13-4-2-3-5-14(13)16/h2-10H,1H3. The highest BCUT2D eigenvalue weighted by molar-refractivity contribution is 6.34. The van der Waals surface area contributed by atoms with E-state index in [2.05, 4.69) is 0 Å². The van der Waals surface area contributed by atoms with Gasteiger partial charge in [-0.3, -0.25) is 9.59 Å². The van der Waals surface area contributed by atoms with Gasteiger partial charge in [-0.2, -0.15) is 0 Å². The van der Waals surface area contributed by atoms with E-state index in [1.165, 1.54) is 4.90 Å². The van der Waals surface area contributed by atoms with Crippen molar-refractivity contribution in [1.82, 2.24) is 0 Å². The van der Waals surface area contributed by atoms with Crippen LogP contribution in [-0.2, 0) is 4.79 Å². The van der Waals surface area contributed by atoms with E-state index >= 15 is 0 Å². The predicted molar refractivity (Wildman–Crippen MR) is 75.8 cm³/mol. The fraction of sp³-hybridized carbons (Fsp3) is 0.0667. The lowest BCUT2D eigenvalue weighted by Gasteiger charge is -2.11. The molecule has 19 heavy (non-hydrogen) atoms. The third-order valence-corrected chi connectivity index (χ3v) is 3.14. The van der Waals surface area contributed by atoms with Crippen LogP contribution in [0.3, 0.4) is 0 Å². The van der Waals surface area contributed by atoms with Gasteiger partial charge < -0.3 is 4.90 Å². The van der Waals surface area contributed by atoms with Crippen LogP contribution in [0, 0.1) is 0 Å². The van der Waals surface area contributed by atoms with Crippen molar-refractivity contribution in [3.05, 3.63) is 64.7 Å². The highest BCUT2D eigenvalue weighted by atomic mass is 35.5. The third-order valence-electron chi connectivity index (χ3n) is 2.81. The van der Waals surface area contributed by atoms with Crippen LogP contribution in [0.15, 0.2) is 48.5 Å². The van der Waals surface area contributed by atoms with E-state index in [1.807, 2.05) is 0 Å². The molecule has 2 rings (SSSR count). The molecule has 3 nitrogen and oxygen atoms in total. The van der Waals surface area contributed by atoms with Gasteiger partial charge in [0.2, 0.25) is 6.41 Å². The van der Waals surface area contributed by atoms with E-state index in [-0.39, 0.29) is 5.78 Å². The maximum Gasteiger partial charge on any atom is 0.213 e. The Hall–Kier alpha value is -2.13. The summed E-state index contributed by atoms with van der Waals surface area (Å²) in [6.07, 6.45) is 0.713. The van der Waals surface area contributed by atoms with Crippen molar-refractivity contribution in [2.24, 2.45) is 0 Å². The number of anilines is 1. The highest BCUT2D eigenvalue weighted by Crippen LogP contribution is 2.20. The first-order chi connectivity index (χ1) is 9.13. The number of halogens is 1. The quantitative estimate of drug-likeness (QED) is 0.634. The van der Waals surface area contributed by atoms with Gasteiger partial charge in [0.15, 0.2) is 5.78 Å². The maximum atomic E-state index is 12.3. The highest BCUT2D eigenvalue weighted by Gasteiger charge is 2.12. The Bertz CT molecular complexity index is 608. The van der Waals surface area contributed by atoms with E-state index < -0.39 is 0 Å². The molecule has 0 aliphatic carbocycles. The van der Waals surface area contributed by atoms with Gasteiger partial charge in [-0.05, 0) is 36.4 Å². The van der Waals surface area contributed by atoms with Gasteiger partial charge in [-0.25, -0.2) is 0 Å². The van der Waals surface area contributed by atoms with Crippen LogP contribution < -0.4 is 4.90 Å². The first kappa shape index (κ1) is 13.3. The number of hydrogen-bond donors (Lipinski definition) is 0. The number of carbonyl (C=O) groups is 2. The van der Waals surface area contributed by atoms with Crippen LogP contribution >= 0.6 is 11.6 Å². The summed E-state index contributed by atoms with van der Waals surface area (Å²) in [6.45, 7) is 0. The molecule has 0 saturated carbocycles. The van der Waals surface area contributed by atoms with Gasteiger partial charge in [-0.1, -0.05) is 23.7 Å². The van der Waals surface area contributed by atoms with Crippen LogP contribution in [0.5, 0.6) is 0 Å². The topological polar surface area (TPSA) is 37.4 Å². The Balaban J connectivity index is 2.30. The van der Waals surface area contributed by atoms with E-state index in [1.54, 1.807) is 55.6 Å². The summed E-state index contributed by atoms with van der Waals surface area (Å²) in [4.78, 5) is 24.3. The number of amides is 1. The SMILES string of the molecule is CN(C=O)c1ccc(C(=O)c2ccccc2Cl)cc1. The first-order valence-electron chi connectivity index (χ1n) is 5.71. The Labute approximate surface area is 116 Å². The minimum Gasteiger partial charge on any atom is -0.318 e. The first-order valence-corrected chi connectivity index (χ1v) is 6.08. The van der Waals surface area contributed by atoms with Crippen molar-refractivity contribution < 1.29 is 9.59 Å². The van der Waals surface area contributed by atoms with E-state index in [0.29, 0.717) is 22.6 Å². The summed E-state index contributed by atoms with van der Waals surface area (Å²) >= 11 is 6.00. The van der Waals surface area contributed by atoms with E-state index in [4.69, 9.17) is 11.6 Å². The Morgan fingerprint density at radius 3 is 2.32 bits per heavy atom. The predicted octanol–water partition coefficient (Wildman–Crippen LogP) is 3.16. The maximum absolute atomic E-state index is 12.3. The zero-order valence-corrected chi connectivity index (χ0v) is 11.1. The summed E-state index contributed by atoms with van der Waals surface area (Å²) in [5.74, 6) is -0.133. The van der Waals surface area contributed by atoms with Crippen LogP contribution in [0.1, 0.15) is 15.9 Å². The van der Waals surface area contributed by atoms with Crippen molar-refractivity contribution >= 4 is 29.5 Å². The second-order valence-corrected chi connectivity index (χ2v) is 4.48. The molecule has 0 fully saturated rings. The van der Waals surface area contributed by atoms with Crippen molar-refractivity contribution in [2.45, 2.75) is 0 Å². The average Bonchev–Trinajstić information content (AvgIpc) is 2.46. The lowest BCUT2D eigenvalue weighted by molar-refractivity contribution is -0.107. The Kier molecular flexibility index (Phi) is 3.97. The monoisotopic (exact) mass is 273 g/mol. The molecule has 0 unspecified atom stereocenters. The van der Waals surface area contributed by atoms with Crippen LogP contribution in [0.4, 0.5) is 5.69 Å². The molecule has 0 spiro atoms. The molecule has 0 aromatic heterocycles. The Morgan fingerprint density at radius 1 is 1.11 bits per heavy atom. The summed E-state index contributed by atoms with van der Waals surface area (Å²) in [5, 5.41) is 0.432. The molecule has 0 heterocycles. The van der Waals surface area contributed by atoms with Gasteiger partial charge in [0, 0.05) is 23.9 Å². The molecule has 0 atom stereocenters. The molecule has 2 aromatic rings. The minimum absolute atomic E-state index is 0.133. The normalized spacial score (nSPS) is 10.0. The number of benzene rings is 2. The summed E-state index contributed by atoms with van der Waals surface area (Å²) in [5.41, 5.74) is 1.74. The van der Waals surface area contributed by atoms with Gasteiger partial charge >= 0.3 is 0 Å². The molecule has 2 aromatic carbocycles. The molecule has 4 heteroatoms. The third kappa shape index (κ3) is 2.83. The summed E-state index contributed by atoms with van der Waals surface area (Å²) < 4.78 is 0. The largest absolute Gasteiger partial charge is 0.318 e. The van der Waals surface area contributed by atoms with Gasteiger partial charge in [-0.15, -0.1) is 0 Å². The molecule has 1 amide bonds. The van der Waals surface area contributed by atoms with Crippen LogP contribution in [-0.4, -0.2) is 19.2 Å². The fourth-order valence-electron chi connectivity index (χ4n) is 1.71. The number of rotatable bonds is 4. The minimum atomic E-state index is -0.133. The zero-order valence-electron chi connectivity index (χ0n) is 10.3. The number of nitrogens with zero attached hydrogens (tertiary/aromatic N) is 1. The molecular weight excluding hydrogens is 262 g/mol. The van der Waals surface area contributed by atoms with Crippen molar-refractivity contribution in [1.29, 1.82) is 0 Å². The molecule has 0 saturated heterocycles. The van der Waals surface area contributed by atoms with Gasteiger partial charge in [0.25, 0.3) is 0 Å². The molecule has 0 aliphatic rings. The van der Waals surface area contributed by atoms with Crippen LogP contribution in [0.25, 0.3) is 0 Å². The molecule has 0 aliphatic heterocycles. The van der Waals surface area contributed by atoms with Crippen molar-refractivity contribution in [2.75, 3.05) is 11.9 Å². The summed E-state index contributed by atoms with van der Waals surface area (Å²) in [6, 6.07) is 13.7. The second kappa shape index (κ2) is 5.67. The molecular formula is C15H12ClNO2. The number of hydrogen-bond acceptors (Lipinski definition) is 2. The lowest BCUT2D eigenvalue weighted by atomic mass is 10.0. The average molecular weight is 274 g/mol. The van der Waals surface area contributed by atoms with Gasteiger partial charge in [0.05, 0.1) is 5.02 Å². The zero-order chi connectivity index (χ0) is 13.8. The number of carbonyl (C=O) groups excluding carboxylic acids is 2. The molecule has 0 N–H and O–H groups in total. The van der Waals surface area contributed by atoms with Gasteiger partial charge in [0.1, 0.15) is 0 Å². The second-order valence-electron chi connectivity index (χ2n) is 4.07. The van der Waals surface area contributed by atoms with E-state index in [0.717, 1.165) is 5.69 Å². The Morgan fingerprint density at radius 2 is 1.74 bits per heavy atom. The van der Waals surface area contributed by atoms with Crippen LogP contribution in [0.2, 0.25) is 5.02 Å². The molecule has 0 radical (unpaired) electrons. The molecule has 96 valence electrons. The number of ketones is 1. The van der Waals surface area contributed by atoms with Crippen molar-refractivity contribution in [3.63, 3.8) is 0 Å². The fourth-order valence-corrected chi connectivity index (χ4v) is 1.93.